The van der Waals surface area contributed by atoms with Crippen molar-refractivity contribution in [3.05, 3.63) is 77.4 Å². The molecule has 6 heteroatoms. The lowest BCUT2D eigenvalue weighted by atomic mass is 10.1. The van der Waals surface area contributed by atoms with Crippen LogP contribution in [0.2, 0.25) is 5.02 Å². The van der Waals surface area contributed by atoms with Crippen LogP contribution in [-0.2, 0) is 16.4 Å². The molecule has 0 saturated carbocycles. The number of aromatic nitrogens is 1. The third-order valence-corrected chi connectivity index (χ3v) is 4.93. The lowest BCUT2D eigenvalue weighted by Gasteiger charge is -2.12. The minimum Gasteiger partial charge on any atom is -0.472 e. The lowest BCUT2D eigenvalue weighted by molar-refractivity contribution is 0.295. The Balaban J connectivity index is 1.97. The topological polar surface area (TPSA) is 56.3 Å². The van der Waals surface area contributed by atoms with Crippen molar-refractivity contribution in [1.82, 2.24) is 4.98 Å². The average molecular weight is 374 g/mol. The molecular formula is C19H16ClNO3S. The number of halogens is 1. The van der Waals surface area contributed by atoms with Crippen LogP contribution in [0.1, 0.15) is 5.56 Å². The molecule has 0 aliphatic rings. The van der Waals surface area contributed by atoms with E-state index in [4.69, 9.17) is 16.3 Å². The Morgan fingerprint density at radius 2 is 1.80 bits per heavy atom. The third-order valence-electron chi connectivity index (χ3n) is 3.61. The van der Waals surface area contributed by atoms with E-state index < -0.39 is 9.84 Å². The van der Waals surface area contributed by atoms with Gasteiger partial charge in [0.15, 0.2) is 9.84 Å². The molecule has 0 aliphatic carbocycles. The highest BCUT2D eigenvalue weighted by molar-refractivity contribution is 7.90. The molecule has 0 N–H and O–H groups in total. The van der Waals surface area contributed by atoms with E-state index in [1.54, 1.807) is 30.3 Å². The van der Waals surface area contributed by atoms with Crippen molar-refractivity contribution in [2.45, 2.75) is 11.5 Å². The van der Waals surface area contributed by atoms with Crippen LogP contribution in [-0.4, -0.2) is 19.7 Å². The van der Waals surface area contributed by atoms with Crippen molar-refractivity contribution in [1.29, 1.82) is 0 Å². The van der Waals surface area contributed by atoms with Gasteiger partial charge in [-0.1, -0.05) is 54.1 Å². The SMILES string of the molecule is CS(=O)(=O)c1cccc(-c2cc(Cl)cnc2OCc2ccccc2)c1. The second-order valence-electron chi connectivity index (χ2n) is 5.58. The molecule has 0 atom stereocenters. The first-order chi connectivity index (χ1) is 11.9. The van der Waals surface area contributed by atoms with Crippen LogP contribution in [0.4, 0.5) is 0 Å². The summed E-state index contributed by atoms with van der Waals surface area (Å²) in [6, 6.07) is 18.1. The number of hydrogen-bond donors (Lipinski definition) is 0. The first-order valence-electron chi connectivity index (χ1n) is 7.56. The van der Waals surface area contributed by atoms with Gasteiger partial charge >= 0.3 is 0 Å². The van der Waals surface area contributed by atoms with Gasteiger partial charge in [0.1, 0.15) is 6.61 Å². The summed E-state index contributed by atoms with van der Waals surface area (Å²) in [6.07, 6.45) is 2.68. The first kappa shape index (κ1) is 17.5. The summed E-state index contributed by atoms with van der Waals surface area (Å²) >= 11 is 6.08. The molecule has 0 unspecified atom stereocenters. The predicted octanol–water partition coefficient (Wildman–Crippen LogP) is 4.38. The maximum Gasteiger partial charge on any atom is 0.221 e. The van der Waals surface area contributed by atoms with Crippen molar-refractivity contribution in [3.8, 4) is 17.0 Å². The Kier molecular flexibility index (Phi) is 5.06. The van der Waals surface area contributed by atoms with Gasteiger partial charge in [-0.05, 0) is 29.3 Å². The Hall–Kier alpha value is -2.37. The normalized spacial score (nSPS) is 11.3. The van der Waals surface area contributed by atoms with Gasteiger partial charge in [0.2, 0.25) is 5.88 Å². The molecule has 4 nitrogen and oxygen atoms in total. The summed E-state index contributed by atoms with van der Waals surface area (Å²) in [7, 11) is -3.31. The molecule has 128 valence electrons. The number of nitrogens with zero attached hydrogens (tertiary/aromatic N) is 1. The van der Waals surface area contributed by atoms with Gasteiger partial charge in [0, 0.05) is 18.0 Å². The van der Waals surface area contributed by atoms with E-state index in [1.165, 1.54) is 12.5 Å². The van der Waals surface area contributed by atoms with Crippen LogP contribution in [0, 0.1) is 0 Å². The molecule has 0 bridgehead atoms. The monoisotopic (exact) mass is 373 g/mol. The molecule has 1 heterocycles. The van der Waals surface area contributed by atoms with E-state index in [1.807, 2.05) is 30.3 Å². The maximum absolute atomic E-state index is 11.8. The van der Waals surface area contributed by atoms with Gasteiger partial charge in [-0.2, -0.15) is 0 Å². The smallest absolute Gasteiger partial charge is 0.221 e. The zero-order valence-corrected chi connectivity index (χ0v) is 15.1. The van der Waals surface area contributed by atoms with E-state index in [2.05, 4.69) is 4.98 Å². The summed E-state index contributed by atoms with van der Waals surface area (Å²) in [6.45, 7) is 0.355. The molecule has 1 aromatic heterocycles. The Morgan fingerprint density at radius 3 is 2.52 bits per heavy atom. The second kappa shape index (κ2) is 7.25. The maximum atomic E-state index is 11.8. The molecule has 2 aromatic carbocycles. The minimum atomic E-state index is -3.31. The van der Waals surface area contributed by atoms with Crippen LogP contribution < -0.4 is 4.74 Å². The molecule has 0 radical (unpaired) electrons. The largest absolute Gasteiger partial charge is 0.472 e. The van der Waals surface area contributed by atoms with E-state index >= 15 is 0 Å². The molecule has 0 amide bonds. The summed E-state index contributed by atoms with van der Waals surface area (Å²) in [5, 5.41) is 0.451. The highest BCUT2D eigenvalue weighted by atomic mass is 35.5. The highest BCUT2D eigenvalue weighted by Gasteiger charge is 2.13. The van der Waals surface area contributed by atoms with Crippen LogP contribution in [0.15, 0.2) is 71.8 Å². The van der Waals surface area contributed by atoms with Crippen LogP contribution in [0.3, 0.4) is 0 Å². The van der Waals surface area contributed by atoms with Crippen LogP contribution >= 0.6 is 11.6 Å². The van der Waals surface area contributed by atoms with Gasteiger partial charge in [-0.15, -0.1) is 0 Å². The van der Waals surface area contributed by atoms with Crippen molar-refractivity contribution in [2.75, 3.05) is 6.26 Å². The van der Waals surface area contributed by atoms with Crippen molar-refractivity contribution >= 4 is 21.4 Å². The average Bonchev–Trinajstić information content (AvgIpc) is 2.61. The van der Waals surface area contributed by atoms with Crippen LogP contribution in [0.25, 0.3) is 11.1 Å². The third kappa shape index (κ3) is 4.38. The molecule has 3 aromatic rings. The molecule has 25 heavy (non-hydrogen) atoms. The molecule has 0 fully saturated rings. The van der Waals surface area contributed by atoms with Gasteiger partial charge in [-0.3, -0.25) is 0 Å². The summed E-state index contributed by atoms with van der Waals surface area (Å²) in [4.78, 5) is 4.49. The quantitative estimate of drug-likeness (QED) is 0.665. The number of hydrogen-bond acceptors (Lipinski definition) is 4. The van der Waals surface area contributed by atoms with Gasteiger partial charge in [-0.25, -0.2) is 13.4 Å². The number of pyridine rings is 1. The Bertz CT molecular complexity index is 989. The predicted molar refractivity (Wildman–Crippen MR) is 98.6 cm³/mol. The van der Waals surface area contributed by atoms with Crippen molar-refractivity contribution in [2.24, 2.45) is 0 Å². The number of ether oxygens (including phenoxy) is 1. The number of sulfone groups is 1. The highest BCUT2D eigenvalue weighted by Crippen LogP contribution is 2.32. The molecule has 3 rings (SSSR count). The zero-order valence-electron chi connectivity index (χ0n) is 13.5. The first-order valence-corrected chi connectivity index (χ1v) is 9.83. The number of rotatable bonds is 5. The van der Waals surface area contributed by atoms with E-state index in [0.717, 1.165) is 5.56 Å². The fourth-order valence-corrected chi connectivity index (χ4v) is 3.19. The molecule has 0 spiro atoms. The van der Waals surface area contributed by atoms with Crippen LogP contribution in [0.5, 0.6) is 5.88 Å². The van der Waals surface area contributed by atoms with Gasteiger partial charge in [0.25, 0.3) is 0 Å². The fraction of sp³-hybridized carbons (Fsp3) is 0.105. The minimum absolute atomic E-state index is 0.235. The Morgan fingerprint density at radius 1 is 1.04 bits per heavy atom. The van der Waals surface area contributed by atoms with E-state index in [9.17, 15) is 8.42 Å². The standard InChI is InChI=1S/C19H16ClNO3S/c1-25(22,23)17-9-5-8-15(10-17)18-11-16(20)12-21-19(18)24-13-14-6-3-2-4-7-14/h2-12H,13H2,1H3. The van der Waals surface area contributed by atoms with Crippen molar-refractivity contribution in [3.63, 3.8) is 0 Å². The second-order valence-corrected chi connectivity index (χ2v) is 8.03. The van der Waals surface area contributed by atoms with E-state index in [0.29, 0.717) is 28.6 Å². The zero-order chi connectivity index (χ0) is 17.9. The number of benzene rings is 2. The fourth-order valence-electron chi connectivity index (χ4n) is 2.37. The van der Waals surface area contributed by atoms with Gasteiger partial charge < -0.3 is 4.74 Å². The molecule has 0 saturated heterocycles. The molecular weight excluding hydrogens is 358 g/mol. The Labute approximate surface area is 152 Å². The summed E-state index contributed by atoms with van der Waals surface area (Å²) < 4.78 is 29.5. The summed E-state index contributed by atoms with van der Waals surface area (Å²) in [5.74, 6) is 0.402. The van der Waals surface area contributed by atoms with Gasteiger partial charge in [0.05, 0.1) is 9.92 Å². The summed E-state index contributed by atoms with van der Waals surface area (Å²) in [5.41, 5.74) is 2.34. The van der Waals surface area contributed by atoms with Crippen molar-refractivity contribution < 1.29 is 13.2 Å². The van der Waals surface area contributed by atoms with E-state index in [-0.39, 0.29) is 4.90 Å². The molecule has 0 aliphatic heterocycles. The lowest BCUT2D eigenvalue weighted by Crippen LogP contribution is -2.00.